The van der Waals surface area contributed by atoms with Gasteiger partial charge in [-0.15, -0.1) is 0 Å². The molecule has 0 saturated heterocycles. The molecule has 0 spiro atoms. The van der Waals surface area contributed by atoms with E-state index < -0.39 is 35.2 Å². The number of carbonyl (C=O) groups is 3. The topological polar surface area (TPSA) is 180 Å². The third-order valence-corrected chi connectivity index (χ3v) is 18.2. The van der Waals surface area contributed by atoms with Crippen LogP contribution in [-0.4, -0.2) is 46.4 Å². The number of rotatable bonds is 18. The Morgan fingerprint density at radius 1 is 0.343 bits per heavy atom. The summed E-state index contributed by atoms with van der Waals surface area (Å²) in [7, 11) is 0. The first-order valence-corrected chi connectivity index (χ1v) is 33.2. The van der Waals surface area contributed by atoms with Crippen molar-refractivity contribution in [2.75, 3.05) is 16.0 Å². The van der Waals surface area contributed by atoms with E-state index >= 15 is 0 Å². The van der Waals surface area contributed by atoms with Gasteiger partial charge in [0.1, 0.15) is 52.0 Å². The molecular weight excluding hydrogens is 1270 g/mol. The van der Waals surface area contributed by atoms with E-state index in [1.54, 1.807) is 128 Å². The van der Waals surface area contributed by atoms with E-state index in [0.717, 1.165) is 91.9 Å². The predicted octanol–water partition coefficient (Wildman–Crippen LogP) is 19.6. The Hall–Kier alpha value is -11.2. The minimum absolute atomic E-state index is 0.0620. The van der Waals surface area contributed by atoms with Crippen molar-refractivity contribution in [1.82, 2.24) is 28.7 Å². The summed E-state index contributed by atoms with van der Waals surface area (Å²) in [5, 5.41) is 7.62. The molecule has 12 aromatic rings. The van der Waals surface area contributed by atoms with Gasteiger partial charge in [-0.3, -0.25) is 14.4 Å². The molecule has 3 N–H and O–H groups in total. The first-order chi connectivity index (χ1) is 48.2. The molecule has 0 bridgehead atoms. The van der Waals surface area contributed by atoms with Crippen LogP contribution in [0.5, 0.6) is 0 Å². The molecule has 0 atom stereocenters. The molecule has 6 aromatic carbocycles. The van der Waals surface area contributed by atoms with Crippen LogP contribution in [0.2, 0.25) is 0 Å². The Morgan fingerprint density at radius 2 is 0.596 bits per heavy atom. The van der Waals surface area contributed by atoms with Gasteiger partial charge >= 0.3 is 0 Å². The van der Waals surface area contributed by atoms with Crippen LogP contribution >= 0.6 is 0 Å². The van der Waals surface area contributed by atoms with E-state index in [4.69, 9.17) is 13.3 Å². The standard InChI is InChI=1S/3C26H23F2N3O2/c3*27-19-11-9-18(10-12-19)24-25(31(16-29-24)15-17-5-1-2-6-17)22-13-14-23(33-22)26(32)30-21-8-4-3-7-20(21)28/h3*3-4,7-14,16-17H,1-2,5-6,15H2,(H,30,32). The summed E-state index contributed by atoms with van der Waals surface area (Å²) in [4.78, 5) is 51.8. The predicted molar refractivity (Wildman–Crippen MR) is 365 cm³/mol. The Bertz CT molecular complexity index is 4290. The van der Waals surface area contributed by atoms with E-state index in [-0.39, 0.29) is 51.8 Å². The van der Waals surface area contributed by atoms with Gasteiger partial charge in [0.25, 0.3) is 17.7 Å². The molecule has 21 heteroatoms. The van der Waals surface area contributed by atoms with Crippen molar-refractivity contribution in [3.63, 3.8) is 0 Å². The fourth-order valence-corrected chi connectivity index (χ4v) is 13.2. The Kier molecular flexibility index (Phi) is 20.4. The smallest absolute Gasteiger partial charge is 0.291 e. The van der Waals surface area contributed by atoms with E-state index in [1.165, 1.54) is 111 Å². The monoisotopic (exact) mass is 1340 g/mol. The van der Waals surface area contributed by atoms with Crippen LogP contribution in [0.3, 0.4) is 0 Å². The number of imidazole rings is 3. The summed E-state index contributed by atoms with van der Waals surface area (Å²) in [5.74, 6) is -0.899. The highest BCUT2D eigenvalue weighted by Gasteiger charge is 2.28. The number of halogens is 6. The molecular formula is C78H69F6N9O6. The molecule has 99 heavy (non-hydrogen) atoms. The number of furan rings is 3. The molecule has 3 saturated carbocycles. The second kappa shape index (κ2) is 30.5. The van der Waals surface area contributed by atoms with Crippen molar-refractivity contribution < 1.29 is 54.0 Å². The third kappa shape index (κ3) is 15.8. The highest BCUT2D eigenvalue weighted by molar-refractivity contribution is 6.04. The highest BCUT2D eigenvalue weighted by atomic mass is 19.1. The van der Waals surface area contributed by atoms with Gasteiger partial charge in [0.2, 0.25) is 0 Å². The summed E-state index contributed by atoms with van der Waals surface area (Å²) in [6.07, 6.45) is 19.6. The highest BCUT2D eigenvalue weighted by Crippen LogP contribution is 2.40. The van der Waals surface area contributed by atoms with Gasteiger partial charge in [-0.2, -0.15) is 0 Å². The quantitative estimate of drug-likeness (QED) is 0.0705. The van der Waals surface area contributed by atoms with E-state index in [0.29, 0.717) is 52.1 Å². The van der Waals surface area contributed by atoms with Crippen LogP contribution in [0.15, 0.2) is 214 Å². The number of amides is 3. The minimum Gasteiger partial charge on any atom is -0.449 e. The largest absolute Gasteiger partial charge is 0.449 e. The number of para-hydroxylation sites is 3. The van der Waals surface area contributed by atoms with Crippen LogP contribution in [-0.2, 0) is 19.6 Å². The third-order valence-electron chi connectivity index (χ3n) is 18.2. The summed E-state index contributed by atoms with van der Waals surface area (Å²) in [6, 6.07) is 46.1. The van der Waals surface area contributed by atoms with Crippen LogP contribution < -0.4 is 16.0 Å². The average Bonchev–Trinajstić information content (AvgIpc) is 1.64. The average molecular weight is 1340 g/mol. The molecule has 504 valence electrons. The van der Waals surface area contributed by atoms with Crippen molar-refractivity contribution in [2.24, 2.45) is 17.8 Å². The number of hydrogen-bond acceptors (Lipinski definition) is 9. The SMILES string of the molecule is O=C(Nc1ccccc1F)c1ccc(-c2c(-c3ccc(F)cc3)ncn2CC2CCCC2)o1.O=C(Nc1ccccc1F)c1ccc(-c2c(-c3ccc(F)cc3)ncn2CC2CCCC2)o1.O=C(Nc1ccccc1F)c1ccc(-c2c(-c3ccc(F)cc3)ncn2CC2CCCC2)o1. The Balaban J connectivity index is 0.000000133. The van der Waals surface area contributed by atoms with Crippen LogP contribution in [0.1, 0.15) is 109 Å². The van der Waals surface area contributed by atoms with Gasteiger partial charge < -0.3 is 42.9 Å². The van der Waals surface area contributed by atoms with Gasteiger partial charge in [0.05, 0.1) is 53.1 Å². The summed E-state index contributed by atoms with van der Waals surface area (Å²) < 4.78 is 106. The lowest BCUT2D eigenvalue weighted by Gasteiger charge is -2.13. The number of hydrogen-bond donors (Lipinski definition) is 3. The zero-order valence-corrected chi connectivity index (χ0v) is 53.8. The van der Waals surface area contributed by atoms with E-state index in [1.807, 2.05) is 13.7 Å². The first kappa shape index (κ1) is 66.4. The van der Waals surface area contributed by atoms with E-state index in [9.17, 15) is 40.7 Å². The van der Waals surface area contributed by atoms with E-state index in [2.05, 4.69) is 30.9 Å². The number of aromatic nitrogens is 6. The van der Waals surface area contributed by atoms with Gasteiger partial charge in [0.15, 0.2) is 34.6 Å². The normalized spacial score (nSPS) is 14.0. The first-order valence-electron chi connectivity index (χ1n) is 33.2. The number of carbonyl (C=O) groups excluding carboxylic acids is 3. The molecule has 3 aliphatic carbocycles. The van der Waals surface area contributed by atoms with Crippen LogP contribution in [0.25, 0.3) is 68.1 Å². The molecule has 6 heterocycles. The number of nitrogens with one attached hydrogen (secondary N) is 3. The van der Waals surface area contributed by atoms with Crippen molar-refractivity contribution in [1.29, 1.82) is 0 Å². The number of anilines is 3. The van der Waals surface area contributed by atoms with Gasteiger partial charge in [-0.05, 0) is 202 Å². The fourth-order valence-electron chi connectivity index (χ4n) is 13.2. The summed E-state index contributed by atoms with van der Waals surface area (Å²) in [6.45, 7) is 2.38. The lowest BCUT2D eigenvalue weighted by atomic mass is 10.1. The molecule has 15 rings (SSSR count). The molecule has 3 aliphatic rings. The molecule has 0 aliphatic heterocycles. The number of nitrogens with zero attached hydrogens (tertiary/aromatic N) is 6. The maximum atomic E-state index is 13.9. The molecule has 0 radical (unpaired) electrons. The lowest BCUT2D eigenvalue weighted by Crippen LogP contribution is -2.12. The van der Waals surface area contributed by atoms with Crippen molar-refractivity contribution >= 4 is 34.8 Å². The molecule has 3 fully saturated rings. The van der Waals surface area contributed by atoms with Crippen molar-refractivity contribution in [3.8, 4) is 68.1 Å². The fraction of sp³-hybridized carbons (Fsp3) is 0.231. The minimum atomic E-state index is -0.545. The lowest BCUT2D eigenvalue weighted by molar-refractivity contribution is 0.0989. The Labute approximate surface area is 566 Å². The molecule has 6 aromatic heterocycles. The zero-order chi connectivity index (χ0) is 68.4. The molecule has 15 nitrogen and oxygen atoms in total. The Morgan fingerprint density at radius 3 is 0.848 bits per heavy atom. The maximum Gasteiger partial charge on any atom is 0.291 e. The van der Waals surface area contributed by atoms with Crippen LogP contribution in [0.4, 0.5) is 43.4 Å². The molecule has 0 unspecified atom stereocenters. The van der Waals surface area contributed by atoms with Gasteiger partial charge in [-0.25, -0.2) is 41.3 Å². The zero-order valence-electron chi connectivity index (χ0n) is 53.8. The summed E-state index contributed by atoms with van der Waals surface area (Å²) >= 11 is 0. The van der Waals surface area contributed by atoms with Gasteiger partial charge in [-0.1, -0.05) is 74.9 Å². The molecule has 3 amide bonds. The second-order valence-electron chi connectivity index (χ2n) is 25.0. The van der Waals surface area contributed by atoms with Gasteiger partial charge in [0, 0.05) is 36.3 Å². The summed E-state index contributed by atoms with van der Waals surface area (Å²) in [5.41, 5.74) is 6.68. The maximum absolute atomic E-state index is 13.9. The van der Waals surface area contributed by atoms with Crippen molar-refractivity contribution in [2.45, 2.75) is 96.7 Å². The number of benzene rings is 6. The van der Waals surface area contributed by atoms with Crippen molar-refractivity contribution in [3.05, 3.63) is 253 Å². The van der Waals surface area contributed by atoms with Crippen LogP contribution in [0, 0.1) is 52.7 Å². The second-order valence-corrected chi connectivity index (χ2v) is 25.0.